The molecule has 4 heteroatoms. The first-order valence-corrected chi connectivity index (χ1v) is 7.31. The molecule has 1 aromatic rings. The normalized spacial score (nSPS) is 12.0. The van der Waals surface area contributed by atoms with Gasteiger partial charge in [0.15, 0.2) is 0 Å². The quantitative estimate of drug-likeness (QED) is 0.507. The molecule has 2 nitrogen and oxygen atoms in total. The van der Waals surface area contributed by atoms with Gasteiger partial charge in [0.25, 0.3) is 0 Å². The monoisotopic (exact) mass is 234 g/mol. The van der Waals surface area contributed by atoms with E-state index in [1.54, 1.807) is 6.07 Å². The summed E-state index contributed by atoms with van der Waals surface area (Å²) in [4.78, 5) is 0. The van der Waals surface area contributed by atoms with Gasteiger partial charge in [-0.15, -0.1) is 12.1 Å². The van der Waals surface area contributed by atoms with E-state index < -0.39 is 0 Å². The topological polar surface area (TPSA) is 18.5 Å². The summed E-state index contributed by atoms with van der Waals surface area (Å²) >= 11 is 0.847. The van der Waals surface area contributed by atoms with Crippen molar-refractivity contribution in [3.8, 4) is 11.5 Å². The van der Waals surface area contributed by atoms with Gasteiger partial charge in [-0.1, -0.05) is 6.92 Å². The first-order valence-electron chi connectivity index (χ1n) is 3.41. The number of hydrogen-bond acceptors (Lipinski definition) is 2. The third-order valence-corrected chi connectivity index (χ3v) is 1.45. The van der Waals surface area contributed by atoms with E-state index in [9.17, 15) is 0 Å². The molecule has 0 bridgehead atoms. The molecule has 0 N–H and O–H groups in total. The molecular weight excluding hydrogens is 229 g/mol. The molecule has 1 heterocycles. The van der Waals surface area contributed by atoms with E-state index in [1.165, 1.54) is 0 Å². The van der Waals surface area contributed by atoms with Gasteiger partial charge in [0.1, 0.15) is 0 Å². The molecule has 0 radical (unpaired) electrons. The van der Waals surface area contributed by atoms with Crippen LogP contribution in [0, 0.1) is 13.0 Å². The zero-order valence-electron chi connectivity index (χ0n) is 6.76. The zero-order chi connectivity index (χ0) is 8.97. The standard InChI is InChI=1S/C8H7O2.ClH.Zn/c1-6-2-3-7-8(4-6)10-5-9-7;;/h3-4H,5H2,1H3;1H;/q-1;;+2/p-1. The molecule has 0 spiro atoms. The van der Waals surface area contributed by atoms with Gasteiger partial charge >= 0.3 is 27.0 Å². The fraction of sp³-hybridized carbons (Fsp3) is 0.250. The van der Waals surface area contributed by atoms with Crippen LogP contribution >= 0.6 is 9.69 Å². The number of halogens is 1. The summed E-state index contributed by atoms with van der Waals surface area (Å²) in [5.74, 6) is 1.63. The number of benzene rings is 1. The second kappa shape index (κ2) is 4.68. The summed E-state index contributed by atoms with van der Waals surface area (Å²) in [6.07, 6.45) is 0. The number of aryl methyl sites for hydroxylation is 1. The Labute approximate surface area is 85.5 Å². The van der Waals surface area contributed by atoms with Gasteiger partial charge in [0, 0.05) is 0 Å². The molecule has 0 amide bonds. The van der Waals surface area contributed by atoms with E-state index in [0.29, 0.717) is 6.79 Å². The van der Waals surface area contributed by atoms with Crippen molar-refractivity contribution in [2.75, 3.05) is 6.79 Å². The number of fused-ring (bicyclic) bond motifs is 1. The summed E-state index contributed by atoms with van der Waals surface area (Å²) in [7, 11) is 4.76. The molecule has 0 saturated heterocycles. The molecule has 12 heavy (non-hydrogen) atoms. The van der Waals surface area contributed by atoms with E-state index in [-0.39, 0.29) is 0 Å². The van der Waals surface area contributed by atoms with Gasteiger partial charge in [-0.3, -0.25) is 0 Å². The number of ether oxygens (including phenoxy) is 2. The van der Waals surface area contributed by atoms with Crippen LogP contribution in [0.5, 0.6) is 11.5 Å². The molecule has 60 valence electrons. The van der Waals surface area contributed by atoms with Gasteiger partial charge in [-0.05, 0) is 0 Å². The Morgan fingerprint density at radius 2 is 2.08 bits per heavy atom. The summed E-state index contributed by atoms with van der Waals surface area (Å²) in [5.41, 5.74) is 1.07. The van der Waals surface area contributed by atoms with Crippen LogP contribution in [-0.4, -0.2) is 6.79 Å². The molecule has 0 fully saturated rings. The van der Waals surface area contributed by atoms with Gasteiger partial charge in [-0.25, -0.2) is 0 Å². The van der Waals surface area contributed by atoms with E-state index >= 15 is 0 Å². The molecule has 0 aliphatic carbocycles. The van der Waals surface area contributed by atoms with Gasteiger partial charge in [0.2, 0.25) is 6.79 Å². The Morgan fingerprint density at radius 1 is 1.42 bits per heavy atom. The Bertz CT molecular complexity index is 265. The molecule has 0 saturated carbocycles. The number of rotatable bonds is 0. The summed E-state index contributed by atoms with van der Waals surface area (Å²) in [5, 5.41) is 0. The van der Waals surface area contributed by atoms with Crippen LogP contribution in [0.2, 0.25) is 0 Å². The third kappa shape index (κ3) is 2.12. The van der Waals surface area contributed by atoms with Crippen LogP contribution in [0.15, 0.2) is 12.1 Å². The first kappa shape index (κ1) is 9.82. The van der Waals surface area contributed by atoms with Crippen molar-refractivity contribution in [2.24, 2.45) is 0 Å². The van der Waals surface area contributed by atoms with Crippen molar-refractivity contribution in [2.45, 2.75) is 6.92 Å². The van der Waals surface area contributed by atoms with Gasteiger partial charge < -0.3 is 9.47 Å². The predicted octanol–water partition coefficient (Wildman–Crippen LogP) is 2.21. The van der Waals surface area contributed by atoms with Crippen molar-refractivity contribution in [3.63, 3.8) is 0 Å². The summed E-state index contributed by atoms with van der Waals surface area (Å²) < 4.78 is 10.2. The predicted molar refractivity (Wildman–Crippen MR) is 42.0 cm³/mol. The molecule has 2 rings (SSSR count). The summed E-state index contributed by atoms with van der Waals surface area (Å²) in [6.45, 7) is 2.31. The van der Waals surface area contributed by atoms with E-state index in [0.717, 1.165) is 34.4 Å². The van der Waals surface area contributed by atoms with E-state index in [4.69, 9.17) is 19.2 Å². The molecular formula is C8H7ClO2Zn. The Balaban J connectivity index is 0.000000336. The Morgan fingerprint density at radius 3 is 2.83 bits per heavy atom. The Kier molecular flexibility index (Phi) is 3.83. The van der Waals surface area contributed by atoms with Crippen LogP contribution in [0.3, 0.4) is 0 Å². The fourth-order valence-corrected chi connectivity index (χ4v) is 0.942. The molecule has 0 unspecified atom stereocenters. The minimum atomic E-state index is 0.340. The first-order chi connectivity index (χ1) is 5.86. The maximum absolute atomic E-state index is 5.14. The van der Waals surface area contributed by atoms with Gasteiger partial charge in [-0.2, -0.15) is 11.6 Å². The zero-order valence-corrected chi connectivity index (χ0v) is 10.5. The molecule has 0 atom stereocenters. The minimum absolute atomic E-state index is 0.340. The van der Waals surface area contributed by atoms with Crippen LogP contribution in [0.1, 0.15) is 5.56 Å². The van der Waals surface area contributed by atoms with Crippen molar-refractivity contribution in [3.05, 3.63) is 23.8 Å². The maximum atomic E-state index is 5.14. The van der Waals surface area contributed by atoms with Crippen LogP contribution < -0.4 is 9.47 Å². The van der Waals surface area contributed by atoms with E-state index in [2.05, 4.69) is 6.07 Å². The average molecular weight is 236 g/mol. The number of hydrogen-bond donors (Lipinski definition) is 0. The van der Waals surface area contributed by atoms with Crippen molar-refractivity contribution in [1.82, 2.24) is 0 Å². The molecule has 1 aliphatic heterocycles. The van der Waals surface area contributed by atoms with Crippen LogP contribution in [0.4, 0.5) is 0 Å². The molecule has 0 aromatic heterocycles. The second-order valence-corrected chi connectivity index (χ2v) is 2.25. The third-order valence-electron chi connectivity index (χ3n) is 1.45. The average Bonchev–Trinajstić information content (AvgIpc) is 2.54. The Hall–Kier alpha value is -0.267. The van der Waals surface area contributed by atoms with Crippen LogP contribution in [0.25, 0.3) is 0 Å². The van der Waals surface area contributed by atoms with E-state index in [1.807, 2.05) is 13.0 Å². The molecule has 1 aliphatic rings. The van der Waals surface area contributed by atoms with Crippen LogP contribution in [-0.2, 0) is 17.3 Å². The molecule has 1 aromatic carbocycles. The van der Waals surface area contributed by atoms with Crippen molar-refractivity contribution < 1.29 is 26.8 Å². The van der Waals surface area contributed by atoms with Crippen molar-refractivity contribution in [1.29, 1.82) is 0 Å². The fourth-order valence-electron chi connectivity index (χ4n) is 0.942. The SMILES string of the molecule is Cc1[c-]cc2c(c1)OCO2.[Cl][Zn+]. The second-order valence-electron chi connectivity index (χ2n) is 2.25. The van der Waals surface area contributed by atoms with Crippen molar-refractivity contribution >= 4 is 9.69 Å². The van der Waals surface area contributed by atoms with Gasteiger partial charge in [0.05, 0.1) is 11.5 Å². The summed E-state index contributed by atoms with van der Waals surface area (Å²) in [6, 6.07) is 6.75.